The molecule has 0 unspecified atom stereocenters. The molecular formula is C14H16ClN4O2. The van der Waals surface area contributed by atoms with Crippen LogP contribution in [0.3, 0.4) is 0 Å². The standard InChI is InChI=1S/C14H16ClN4O2/c15-11-4-5-12-13(10-11)18(14(20)16-19(12)21)9-8-17-6-2-1-3-7-17/h1,4-5,10H,2-3,6-9H2. The number of benzene rings is 1. The van der Waals surface area contributed by atoms with Gasteiger partial charge < -0.3 is 10.1 Å². The van der Waals surface area contributed by atoms with E-state index in [1.165, 1.54) is 4.57 Å². The number of hydrogen-bond acceptors (Lipinski definition) is 4. The van der Waals surface area contributed by atoms with Gasteiger partial charge in [0.2, 0.25) is 0 Å². The molecule has 1 aromatic heterocycles. The molecule has 0 spiro atoms. The molecule has 1 aromatic carbocycles. The molecule has 3 rings (SSSR count). The Bertz CT molecular complexity index is 710. The molecule has 1 aliphatic rings. The minimum atomic E-state index is -0.539. The SMILES string of the molecule is O=c1n[n+]([O-])c2ccc(Cl)cc2n1CCN1CC[CH]CC1. The molecule has 0 atom stereocenters. The molecule has 1 fully saturated rings. The van der Waals surface area contributed by atoms with Gasteiger partial charge >= 0.3 is 5.69 Å². The first kappa shape index (κ1) is 14.3. The molecule has 21 heavy (non-hydrogen) atoms. The van der Waals surface area contributed by atoms with Crippen LogP contribution in [0, 0.1) is 11.6 Å². The van der Waals surface area contributed by atoms with E-state index in [1.807, 2.05) is 0 Å². The quantitative estimate of drug-likeness (QED) is 0.626. The van der Waals surface area contributed by atoms with E-state index in [-0.39, 0.29) is 0 Å². The average Bonchev–Trinajstić information content (AvgIpc) is 2.47. The van der Waals surface area contributed by atoms with E-state index in [0.717, 1.165) is 32.5 Å². The average molecular weight is 308 g/mol. The minimum Gasteiger partial charge on any atom is -0.594 e. The van der Waals surface area contributed by atoms with Gasteiger partial charge in [-0.1, -0.05) is 11.6 Å². The van der Waals surface area contributed by atoms with Crippen LogP contribution < -0.4 is 10.5 Å². The van der Waals surface area contributed by atoms with Crippen molar-refractivity contribution >= 4 is 22.6 Å². The van der Waals surface area contributed by atoms with Crippen LogP contribution in [0.2, 0.25) is 5.02 Å². The summed E-state index contributed by atoms with van der Waals surface area (Å²) >= 11 is 5.98. The van der Waals surface area contributed by atoms with E-state index >= 15 is 0 Å². The van der Waals surface area contributed by atoms with Gasteiger partial charge in [-0.3, -0.25) is 4.57 Å². The van der Waals surface area contributed by atoms with Crippen LogP contribution in [-0.2, 0) is 6.54 Å². The van der Waals surface area contributed by atoms with Gasteiger partial charge in [-0.15, -0.1) is 0 Å². The van der Waals surface area contributed by atoms with Crippen LogP contribution in [-0.4, -0.2) is 34.2 Å². The highest BCUT2D eigenvalue weighted by atomic mass is 35.5. The lowest BCUT2D eigenvalue weighted by atomic mass is 10.1. The molecule has 1 saturated heterocycles. The molecule has 111 valence electrons. The Kier molecular flexibility index (Phi) is 4.07. The first-order valence-corrected chi connectivity index (χ1v) is 7.37. The van der Waals surface area contributed by atoms with Crippen LogP contribution in [0.4, 0.5) is 0 Å². The van der Waals surface area contributed by atoms with E-state index in [9.17, 15) is 10.0 Å². The maximum atomic E-state index is 12.0. The molecule has 1 radical (unpaired) electrons. The zero-order valence-corrected chi connectivity index (χ0v) is 12.3. The lowest BCUT2D eigenvalue weighted by Crippen LogP contribution is -2.44. The summed E-state index contributed by atoms with van der Waals surface area (Å²) in [5.74, 6) is 0. The van der Waals surface area contributed by atoms with Gasteiger partial charge in [-0.25, -0.2) is 4.79 Å². The molecule has 1 aliphatic heterocycles. The Labute approximate surface area is 127 Å². The molecular weight excluding hydrogens is 292 g/mol. The number of aromatic nitrogens is 3. The second kappa shape index (κ2) is 5.99. The molecule has 6 nitrogen and oxygen atoms in total. The molecule has 0 bridgehead atoms. The van der Waals surface area contributed by atoms with E-state index in [4.69, 9.17) is 11.6 Å². The van der Waals surface area contributed by atoms with Crippen molar-refractivity contribution in [3.63, 3.8) is 0 Å². The summed E-state index contributed by atoms with van der Waals surface area (Å²) in [6.07, 6.45) is 4.44. The molecule has 7 heteroatoms. The number of fused-ring (bicyclic) bond motifs is 1. The largest absolute Gasteiger partial charge is 0.594 e. The molecule has 0 aliphatic carbocycles. The highest BCUT2D eigenvalue weighted by molar-refractivity contribution is 6.31. The zero-order chi connectivity index (χ0) is 14.8. The van der Waals surface area contributed by atoms with Gasteiger partial charge in [-0.05, 0) is 49.3 Å². The smallest absolute Gasteiger partial charge is 0.409 e. The summed E-state index contributed by atoms with van der Waals surface area (Å²) in [6, 6.07) is 4.84. The van der Waals surface area contributed by atoms with Gasteiger partial charge in [0.25, 0.3) is 5.52 Å². The van der Waals surface area contributed by atoms with Gasteiger partial charge in [0, 0.05) is 24.2 Å². The van der Waals surface area contributed by atoms with Crippen molar-refractivity contribution in [1.29, 1.82) is 0 Å². The predicted octanol–water partition coefficient (Wildman–Crippen LogP) is 0.983. The number of rotatable bonds is 3. The first-order valence-electron chi connectivity index (χ1n) is 6.99. The van der Waals surface area contributed by atoms with Crippen molar-refractivity contribution in [3.05, 3.63) is 45.3 Å². The maximum Gasteiger partial charge on any atom is 0.409 e. The number of hydrogen-bond donors (Lipinski definition) is 0. The molecule has 0 N–H and O–H groups in total. The number of nitrogens with zero attached hydrogens (tertiary/aromatic N) is 4. The third-order valence-corrected chi connectivity index (χ3v) is 4.02. The van der Waals surface area contributed by atoms with Crippen molar-refractivity contribution in [2.75, 3.05) is 19.6 Å². The van der Waals surface area contributed by atoms with Crippen molar-refractivity contribution in [3.8, 4) is 0 Å². The summed E-state index contributed by atoms with van der Waals surface area (Å²) in [5, 5.41) is 15.7. The Morgan fingerprint density at radius 1 is 1.29 bits per heavy atom. The van der Waals surface area contributed by atoms with E-state index in [0.29, 0.717) is 27.4 Å². The fourth-order valence-electron chi connectivity index (χ4n) is 2.65. The summed E-state index contributed by atoms with van der Waals surface area (Å²) in [6.45, 7) is 3.29. The first-order chi connectivity index (χ1) is 10.1. The lowest BCUT2D eigenvalue weighted by molar-refractivity contribution is -0.645. The van der Waals surface area contributed by atoms with Gasteiger partial charge in [0.05, 0.1) is 5.10 Å². The zero-order valence-electron chi connectivity index (χ0n) is 11.5. The molecule has 2 aromatic rings. The maximum absolute atomic E-state index is 12.0. The topological polar surface area (TPSA) is 65.1 Å². The summed E-state index contributed by atoms with van der Waals surface area (Å²) < 4.78 is 1.52. The van der Waals surface area contributed by atoms with Gasteiger partial charge in [0.1, 0.15) is 5.52 Å². The third kappa shape index (κ3) is 3.01. The Balaban J connectivity index is 1.93. The Hall–Kier alpha value is -1.66. The second-order valence-electron chi connectivity index (χ2n) is 5.15. The lowest BCUT2D eigenvalue weighted by Gasteiger charge is -2.26. The fourth-order valence-corrected chi connectivity index (χ4v) is 2.81. The molecule has 0 saturated carbocycles. The minimum absolute atomic E-state index is 0.353. The molecule has 0 amide bonds. The Morgan fingerprint density at radius 3 is 2.81 bits per heavy atom. The van der Waals surface area contributed by atoms with Crippen molar-refractivity contribution in [1.82, 2.24) is 14.6 Å². The second-order valence-corrected chi connectivity index (χ2v) is 5.58. The van der Waals surface area contributed by atoms with Crippen LogP contribution in [0.1, 0.15) is 12.8 Å². The van der Waals surface area contributed by atoms with Crippen molar-refractivity contribution < 1.29 is 4.85 Å². The molecule has 2 heterocycles. The normalized spacial score (nSPS) is 16.4. The highest BCUT2D eigenvalue weighted by Gasteiger charge is 2.16. The number of halogens is 1. The van der Waals surface area contributed by atoms with E-state index < -0.39 is 5.69 Å². The van der Waals surface area contributed by atoms with Crippen LogP contribution in [0.5, 0.6) is 0 Å². The van der Waals surface area contributed by atoms with E-state index in [1.54, 1.807) is 18.2 Å². The number of piperidine rings is 1. The van der Waals surface area contributed by atoms with E-state index in [2.05, 4.69) is 16.4 Å². The fraction of sp³-hybridized carbons (Fsp3) is 0.429. The van der Waals surface area contributed by atoms with Gasteiger partial charge in [-0.2, -0.15) is 0 Å². The monoisotopic (exact) mass is 307 g/mol. The summed E-state index contributed by atoms with van der Waals surface area (Å²) in [7, 11) is 0. The van der Waals surface area contributed by atoms with Crippen LogP contribution >= 0.6 is 11.6 Å². The third-order valence-electron chi connectivity index (χ3n) is 3.78. The predicted molar refractivity (Wildman–Crippen MR) is 79.9 cm³/mol. The Morgan fingerprint density at radius 2 is 2.05 bits per heavy atom. The summed E-state index contributed by atoms with van der Waals surface area (Å²) in [5.41, 5.74) is 0.343. The highest BCUT2D eigenvalue weighted by Crippen LogP contribution is 2.15. The van der Waals surface area contributed by atoms with Gasteiger partial charge in [0.15, 0.2) is 0 Å². The van der Waals surface area contributed by atoms with Crippen molar-refractivity contribution in [2.45, 2.75) is 19.4 Å². The van der Waals surface area contributed by atoms with Crippen LogP contribution in [0.25, 0.3) is 11.0 Å². The van der Waals surface area contributed by atoms with Crippen molar-refractivity contribution in [2.24, 2.45) is 0 Å². The van der Waals surface area contributed by atoms with Crippen LogP contribution in [0.15, 0.2) is 23.0 Å². The summed E-state index contributed by atoms with van der Waals surface area (Å²) in [4.78, 5) is 14.7. The number of likely N-dealkylation sites (tertiary alicyclic amines) is 1.